The number of nitrogens with one attached hydrogen (secondary N) is 2. The summed E-state index contributed by atoms with van der Waals surface area (Å²) in [4.78, 5) is 9.07. The first-order valence-corrected chi connectivity index (χ1v) is 7.39. The summed E-state index contributed by atoms with van der Waals surface area (Å²) in [6.45, 7) is 3.35. The van der Waals surface area contributed by atoms with E-state index in [0.29, 0.717) is 11.4 Å². The van der Waals surface area contributed by atoms with Crippen molar-refractivity contribution in [2.24, 2.45) is 5.41 Å². The topological polar surface area (TPSA) is 49.8 Å². The number of nitrogens with zero attached hydrogens (tertiary/aromatic N) is 2. The Kier molecular flexibility index (Phi) is 3.47. The molecule has 20 heavy (non-hydrogen) atoms. The molecule has 0 spiro atoms. The fraction of sp³-hybridized carbons (Fsp3) is 0.500. The standard InChI is InChI=1S/C16H22N4/c1-16(9-5-6-10-16)11-18-14-12-7-3-4-8-13(12)19-15(17-2)20-14/h3-4,7-8H,5-6,9-11H2,1-2H3,(H2,17,18,19,20). The molecule has 4 heteroatoms. The van der Waals surface area contributed by atoms with Gasteiger partial charge in [0.05, 0.1) is 5.52 Å². The van der Waals surface area contributed by atoms with Crippen molar-refractivity contribution in [1.82, 2.24) is 9.97 Å². The summed E-state index contributed by atoms with van der Waals surface area (Å²) >= 11 is 0. The van der Waals surface area contributed by atoms with Crippen LogP contribution >= 0.6 is 0 Å². The minimum absolute atomic E-state index is 0.409. The van der Waals surface area contributed by atoms with Gasteiger partial charge in [0.2, 0.25) is 5.95 Å². The van der Waals surface area contributed by atoms with E-state index in [1.807, 2.05) is 25.2 Å². The van der Waals surface area contributed by atoms with E-state index in [2.05, 4.69) is 33.6 Å². The van der Waals surface area contributed by atoms with Crippen molar-refractivity contribution >= 4 is 22.7 Å². The molecule has 0 bridgehead atoms. The average molecular weight is 270 g/mol. The lowest BCUT2D eigenvalue weighted by atomic mass is 9.89. The SMILES string of the molecule is CNc1nc(NCC2(C)CCCC2)c2ccccc2n1. The van der Waals surface area contributed by atoms with Crippen LogP contribution in [0.5, 0.6) is 0 Å². The van der Waals surface area contributed by atoms with Crippen molar-refractivity contribution < 1.29 is 0 Å². The van der Waals surface area contributed by atoms with Crippen molar-refractivity contribution in [2.75, 3.05) is 24.2 Å². The van der Waals surface area contributed by atoms with Gasteiger partial charge in [-0.1, -0.05) is 31.9 Å². The first-order chi connectivity index (χ1) is 9.70. The molecule has 0 amide bonds. The lowest BCUT2D eigenvalue weighted by molar-refractivity contribution is 0.362. The molecular weight excluding hydrogens is 248 g/mol. The smallest absolute Gasteiger partial charge is 0.224 e. The molecule has 1 aromatic carbocycles. The molecule has 1 aliphatic carbocycles. The first-order valence-electron chi connectivity index (χ1n) is 7.39. The van der Waals surface area contributed by atoms with Gasteiger partial charge in [-0.15, -0.1) is 0 Å². The van der Waals surface area contributed by atoms with Gasteiger partial charge in [0, 0.05) is 19.0 Å². The van der Waals surface area contributed by atoms with Crippen LogP contribution in [0.2, 0.25) is 0 Å². The Labute approximate surface area is 120 Å². The highest BCUT2D eigenvalue weighted by atomic mass is 15.1. The van der Waals surface area contributed by atoms with Crippen LogP contribution in [0.4, 0.5) is 11.8 Å². The number of hydrogen-bond acceptors (Lipinski definition) is 4. The normalized spacial score (nSPS) is 17.3. The van der Waals surface area contributed by atoms with Gasteiger partial charge in [-0.2, -0.15) is 4.98 Å². The van der Waals surface area contributed by atoms with Gasteiger partial charge in [0.15, 0.2) is 0 Å². The Morgan fingerprint density at radius 3 is 2.65 bits per heavy atom. The second kappa shape index (κ2) is 5.27. The summed E-state index contributed by atoms with van der Waals surface area (Å²) in [5, 5.41) is 7.68. The highest BCUT2D eigenvalue weighted by molar-refractivity contribution is 5.90. The second-order valence-corrected chi connectivity index (χ2v) is 6.03. The fourth-order valence-electron chi connectivity index (χ4n) is 3.03. The molecule has 1 aliphatic rings. The van der Waals surface area contributed by atoms with Crippen LogP contribution in [-0.2, 0) is 0 Å². The van der Waals surface area contributed by atoms with E-state index in [0.717, 1.165) is 23.3 Å². The lowest BCUT2D eigenvalue weighted by Gasteiger charge is -2.24. The molecule has 2 aromatic rings. The molecule has 0 radical (unpaired) electrons. The molecule has 4 nitrogen and oxygen atoms in total. The quantitative estimate of drug-likeness (QED) is 0.890. The van der Waals surface area contributed by atoms with E-state index in [-0.39, 0.29) is 0 Å². The van der Waals surface area contributed by atoms with E-state index in [4.69, 9.17) is 0 Å². The van der Waals surface area contributed by atoms with Crippen LogP contribution in [0, 0.1) is 5.41 Å². The van der Waals surface area contributed by atoms with Gasteiger partial charge in [0.25, 0.3) is 0 Å². The van der Waals surface area contributed by atoms with E-state index < -0.39 is 0 Å². The summed E-state index contributed by atoms with van der Waals surface area (Å²) in [5.74, 6) is 1.61. The Morgan fingerprint density at radius 1 is 1.15 bits per heavy atom. The highest BCUT2D eigenvalue weighted by Gasteiger charge is 2.28. The maximum atomic E-state index is 4.58. The molecular formula is C16H22N4. The van der Waals surface area contributed by atoms with Crippen molar-refractivity contribution in [3.8, 4) is 0 Å². The maximum Gasteiger partial charge on any atom is 0.224 e. The third kappa shape index (κ3) is 2.55. The second-order valence-electron chi connectivity index (χ2n) is 6.03. The lowest BCUT2D eigenvalue weighted by Crippen LogP contribution is -2.23. The zero-order valence-electron chi connectivity index (χ0n) is 12.2. The number of benzene rings is 1. The third-order valence-corrected chi connectivity index (χ3v) is 4.32. The number of para-hydroxylation sites is 1. The number of aromatic nitrogens is 2. The van der Waals surface area contributed by atoms with Crippen molar-refractivity contribution in [3.63, 3.8) is 0 Å². The van der Waals surface area contributed by atoms with Gasteiger partial charge >= 0.3 is 0 Å². The molecule has 0 saturated heterocycles. The first kappa shape index (κ1) is 13.2. The Morgan fingerprint density at radius 2 is 1.90 bits per heavy atom. The van der Waals surface area contributed by atoms with E-state index in [1.165, 1.54) is 25.7 Å². The van der Waals surface area contributed by atoms with Crippen molar-refractivity contribution in [3.05, 3.63) is 24.3 Å². The minimum atomic E-state index is 0.409. The number of fused-ring (bicyclic) bond motifs is 1. The highest BCUT2D eigenvalue weighted by Crippen LogP contribution is 2.37. The number of rotatable bonds is 4. The molecule has 0 atom stereocenters. The predicted molar refractivity (Wildman–Crippen MR) is 84.1 cm³/mol. The van der Waals surface area contributed by atoms with Crippen molar-refractivity contribution in [1.29, 1.82) is 0 Å². The Bertz CT molecular complexity index is 602. The van der Waals surface area contributed by atoms with Crippen molar-refractivity contribution in [2.45, 2.75) is 32.6 Å². The average Bonchev–Trinajstić information content (AvgIpc) is 2.91. The molecule has 3 rings (SSSR count). The van der Waals surface area contributed by atoms with E-state index in [9.17, 15) is 0 Å². The summed E-state index contributed by atoms with van der Waals surface area (Å²) in [6.07, 6.45) is 5.32. The molecule has 1 aromatic heterocycles. The molecule has 0 aliphatic heterocycles. The van der Waals surface area contributed by atoms with Gasteiger partial charge in [0.1, 0.15) is 5.82 Å². The Balaban J connectivity index is 1.89. The molecule has 0 unspecified atom stereocenters. The summed E-state index contributed by atoms with van der Waals surface area (Å²) in [7, 11) is 1.85. The van der Waals surface area contributed by atoms with Crippen LogP contribution in [0.25, 0.3) is 10.9 Å². The zero-order valence-corrected chi connectivity index (χ0v) is 12.2. The van der Waals surface area contributed by atoms with Crippen LogP contribution in [0.1, 0.15) is 32.6 Å². The molecule has 1 heterocycles. The van der Waals surface area contributed by atoms with E-state index >= 15 is 0 Å². The molecule has 1 saturated carbocycles. The van der Waals surface area contributed by atoms with Gasteiger partial charge < -0.3 is 10.6 Å². The van der Waals surface area contributed by atoms with Gasteiger partial charge in [-0.05, 0) is 30.4 Å². The van der Waals surface area contributed by atoms with E-state index in [1.54, 1.807) is 0 Å². The monoisotopic (exact) mass is 270 g/mol. The largest absolute Gasteiger partial charge is 0.369 e. The van der Waals surface area contributed by atoms with Crippen LogP contribution < -0.4 is 10.6 Å². The minimum Gasteiger partial charge on any atom is -0.369 e. The Hall–Kier alpha value is -1.84. The maximum absolute atomic E-state index is 4.58. The molecule has 1 fully saturated rings. The number of hydrogen-bond donors (Lipinski definition) is 2. The van der Waals surface area contributed by atoms with Crippen LogP contribution in [0.15, 0.2) is 24.3 Å². The third-order valence-electron chi connectivity index (χ3n) is 4.32. The predicted octanol–water partition coefficient (Wildman–Crippen LogP) is 3.66. The van der Waals surface area contributed by atoms with Crippen LogP contribution in [-0.4, -0.2) is 23.6 Å². The zero-order chi connectivity index (χ0) is 14.0. The summed E-state index contributed by atoms with van der Waals surface area (Å²) in [5.41, 5.74) is 1.39. The molecule has 106 valence electrons. The fourth-order valence-corrected chi connectivity index (χ4v) is 3.03. The van der Waals surface area contributed by atoms with Crippen LogP contribution in [0.3, 0.4) is 0 Å². The van der Waals surface area contributed by atoms with Gasteiger partial charge in [-0.25, -0.2) is 4.98 Å². The van der Waals surface area contributed by atoms with Gasteiger partial charge in [-0.3, -0.25) is 0 Å². The summed E-state index contributed by atoms with van der Waals surface area (Å²) in [6, 6.07) is 8.15. The number of anilines is 2. The summed E-state index contributed by atoms with van der Waals surface area (Å²) < 4.78 is 0. The molecule has 2 N–H and O–H groups in total.